The number of nitrogens with one attached hydrogen (secondary N) is 1. The molecule has 3 unspecified atom stereocenters. The zero-order valence-electron chi connectivity index (χ0n) is 38.4. The van der Waals surface area contributed by atoms with E-state index in [9.17, 15) is 19.8 Å². The number of unbranched alkanes of at least 4 members (excludes halogenated alkanes) is 21. The fourth-order valence-corrected chi connectivity index (χ4v) is 6.93. The Morgan fingerprint density at radius 1 is 0.508 bits per heavy atom. The van der Waals surface area contributed by atoms with Crippen LogP contribution in [0.4, 0.5) is 0 Å². The van der Waals surface area contributed by atoms with Crippen LogP contribution in [0.15, 0.2) is 85.1 Å². The highest BCUT2D eigenvalue weighted by atomic mass is 16.5. The monoisotopic (exact) mass is 822 g/mol. The number of carbonyl (C=O) groups is 2. The SMILES string of the molecule is CC\C=C/C=C/C=C/C=C\C=C\C=C\CCCC(CC(=O)NC(CO)C(O)CCCCCCCCCCCCCCC)OC(=O)CCCCCCC/C=C\CCCCC. The average molecular weight is 822 g/mol. The van der Waals surface area contributed by atoms with Crippen molar-refractivity contribution >= 4 is 11.9 Å². The van der Waals surface area contributed by atoms with E-state index in [1.54, 1.807) is 0 Å². The first-order chi connectivity index (χ1) is 29.0. The van der Waals surface area contributed by atoms with Gasteiger partial charge in [0.1, 0.15) is 6.10 Å². The van der Waals surface area contributed by atoms with E-state index in [4.69, 9.17) is 4.74 Å². The van der Waals surface area contributed by atoms with Gasteiger partial charge in [0, 0.05) is 6.42 Å². The lowest BCUT2D eigenvalue weighted by Crippen LogP contribution is -2.46. The van der Waals surface area contributed by atoms with Crippen molar-refractivity contribution in [3.8, 4) is 0 Å². The zero-order chi connectivity index (χ0) is 43.1. The second kappa shape index (κ2) is 46.1. The van der Waals surface area contributed by atoms with E-state index in [-0.39, 0.29) is 24.9 Å². The van der Waals surface area contributed by atoms with Crippen LogP contribution >= 0.6 is 0 Å². The number of hydrogen-bond acceptors (Lipinski definition) is 5. The summed E-state index contributed by atoms with van der Waals surface area (Å²) in [6.07, 6.45) is 59.2. The van der Waals surface area contributed by atoms with Crippen molar-refractivity contribution < 1.29 is 24.5 Å². The Kier molecular flexibility index (Phi) is 43.8. The molecule has 0 radical (unpaired) electrons. The summed E-state index contributed by atoms with van der Waals surface area (Å²) in [7, 11) is 0. The van der Waals surface area contributed by atoms with E-state index in [1.807, 2.05) is 60.8 Å². The van der Waals surface area contributed by atoms with Crippen molar-refractivity contribution in [1.82, 2.24) is 5.32 Å². The number of rotatable bonds is 42. The van der Waals surface area contributed by atoms with Gasteiger partial charge in [0.15, 0.2) is 0 Å². The molecule has 0 aliphatic carbocycles. The smallest absolute Gasteiger partial charge is 0.306 e. The third-order valence-electron chi connectivity index (χ3n) is 10.6. The number of carbonyl (C=O) groups excluding carboxylic acids is 2. The summed E-state index contributed by atoms with van der Waals surface area (Å²) in [5, 5.41) is 23.7. The van der Waals surface area contributed by atoms with E-state index in [0.717, 1.165) is 64.2 Å². The van der Waals surface area contributed by atoms with Gasteiger partial charge in [-0.3, -0.25) is 9.59 Å². The van der Waals surface area contributed by atoms with Crippen LogP contribution in [0.2, 0.25) is 0 Å². The normalized spacial score (nSPS) is 14.1. The van der Waals surface area contributed by atoms with E-state index in [1.165, 1.54) is 103 Å². The minimum Gasteiger partial charge on any atom is -0.462 e. The molecule has 0 aromatic carbocycles. The number of esters is 1. The summed E-state index contributed by atoms with van der Waals surface area (Å²) >= 11 is 0. The first kappa shape index (κ1) is 56.0. The fourth-order valence-electron chi connectivity index (χ4n) is 6.93. The van der Waals surface area contributed by atoms with Gasteiger partial charge in [0.25, 0.3) is 0 Å². The van der Waals surface area contributed by atoms with E-state index < -0.39 is 18.2 Å². The van der Waals surface area contributed by atoms with E-state index in [0.29, 0.717) is 19.3 Å². The molecule has 0 saturated carbocycles. The first-order valence-corrected chi connectivity index (χ1v) is 24.4. The number of aliphatic hydroxyl groups is 2. The zero-order valence-corrected chi connectivity index (χ0v) is 38.4. The highest BCUT2D eigenvalue weighted by Gasteiger charge is 2.24. The molecule has 0 aliphatic rings. The Morgan fingerprint density at radius 3 is 1.49 bits per heavy atom. The van der Waals surface area contributed by atoms with Crippen LogP contribution in [0, 0.1) is 0 Å². The second-order valence-corrected chi connectivity index (χ2v) is 16.3. The van der Waals surface area contributed by atoms with Gasteiger partial charge in [-0.05, 0) is 64.2 Å². The molecule has 0 aromatic heterocycles. The molecule has 0 heterocycles. The molecule has 338 valence electrons. The second-order valence-electron chi connectivity index (χ2n) is 16.3. The summed E-state index contributed by atoms with van der Waals surface area (Å²) in [5.41, 5.74) is 0. The summed E-state index contributed by atoms with van der Waals surface area (Å²) in [4.78, 5) is 26.0. The molecule has 6 heteroatoms. The number of amides is 1. The van der Waals surface area contributed by atoms with Crippen LogP contribution in [0.25, 0.3) is 0 Å². The summed E-state index contributed by atoms with van der Waals surface area (Å²) < 4.78 is 5.87. The molecular formula is C53H91NO5. The molecule has 0 aliphatic heterocycles. The van der Waals surface area contributed by atoms with Gasteiger partial charge < -0.3 is 20.3 Å². The van der Waals surface area contributed by atoms with Crippen LogP contribution in [-0.4, -0.2) is 46.9 Å². The molecular weight excluding hydrogens is 731 g/mol. The minimum atomic E-state index is -0.812. The van der Waals surface area contributed by atoms with Gasteiger partial charge in [0.05, 0.1) is 25.2 Å². The molecule has 0 bridgehead atoms. The van der Waals surface area contributed by atoms with Crippen molar-refractivity contribution in [2.24, 2.45) is 0 Å². The molecule has 3 atom stereocenters. The van der Waals surface area contributed by atoms with Crippen molar-refractivity contribution in [2.45, 2.75) is 232 Å². The quantitative estimate of drug-likeness (QED) is 0.0247. The number of allylic oxidation sites excluding steroid dienone is 14. The van der Waals surface area contributed by atoms with Gasteiger partial charge in [-0.1, -0.05) is 221 Å². The Bertz CT molecular complexity index is 1150. The van der Waals surface area contributed by atoms with Crippen molar-refractivity contribution in [3.63, 3.8) is 0 Å². The molecule has 0 fully saturated rings. The Labute approximate surface area is 363 Å². The maximum absolute atomic E-state index is 13.2. The lowest BCUT2D eigenvalue weighted by Gasteiger charge is -2.24. The van der Waals surface area contributed by atoms with Crippen LogP contribution in [-0.2, 0) is 14.3 Å². The molecule has 3 N–H and O–H groups in total. The Hall–Kier alpha value is -2.96. The van der Waals surface area contributed by atoms with Crippen molar-refractivity contribution in [1.29, 1.82) is 0 Å². The standard InChI is InChI=1S/C53H91NO5/c1-4-7-10-13-16-19-22-25-26-28-29-32-35-38-41-44-49(59-53(58)46-43-40-37-34-31-24-21-18-15-12-9-6-3)47-52(57)54-50(48-55)51(56)45-42-39-36-33-30-27-23-20-17-14-11-8-5-2/h7,10,13,16,18-19,21-22,25-26,28-29,32,35,49-51,55-56H,4-6,8-9,11-12,14-15,17,20,23-24,27,30-31,33-34,36-48H2,1-3H3,(H,54,57)/b10-7-,16-13+,21-18-,22-19+,26-25-,29-28+,35-32+. The van der Waals surface area contributed by atoms with Gasteiger partial charge in [-0.25, -0.2) is 0 Å². The minimum absolute atomic E-state index is 0.0195. The van der Waals surface area contributed by atoms with Crippen LogP contribution in [0.3, 0.4) is 0 Å². The Morgan fingerprint density at radius 2 is 0.949 bits per heavy atom. The predicted octanol–water partition coefficient (Wildman–Crippen LogP) is 14.4. The van der Waals surface area contributed by atoms with E-state index >= 15 is 0 Å². The average Bonchev–Trinajstić information content (AvgIpc) is 3.23. The highest BCUT2D eigenvalue weighted by Crippen LogP contribution is 2.16. The summed E-state index contributed by atoms with van der Waals surface area (Å²) in [6, 6.07) is -0.730. The third kappa shape index (κ3) is 41.6. The van der Waals surface area contributed by atoms with Gasteiger partial charge in [0.2, 0.25) is 5.91 Å². The van der Waals surface area contributed by atoms with Gasteiger partial charge in [-0.2, -0.15) is 0 Å². The first-order valence-electron chi connectivity index (χ1n) is 24.4. The third-order valence-corrected chi connectivity index (χ3v) is 10.6. The molecule has 0 saturated heterocycles. The van der Waals surface area contributed by atoms with Gasteiger partial charge >= 0.3 is 5.97 Å². The van der Waals surface area contributed by atoms with Crippen molar-refractivity contribution in [3.05, 3.63) is 85.1 Å². The topological polar surface area (TPSA) is 95.9 Å². The summed E-state index contributed by atoms with van der Waals surface area (Å²) in [6.45, 7) is 6.28. The highest BCUT2D eigenvalue weighted by molar-refractivity contribution is 5.77. The molecule has 59 heavy (non-hydrogen) atoms. The predicted molar refractivity (Wildman–Crippen MR) is 254 cm³/mol. The largest absolute Gasteiger partial charge is 0.462 e. The number of ether oxygens (including phenoxy) is 1. The lowest BCUT2D eigenvalue weighted by molar-refractivity contribution is -0.151. The maximum atomic E-state index is 13.2. The number of aliphatic hydroxyl groups excluding tert-OH is 2. The Balaban J connectivity index is 4.76. The molecule has 6 nitrogen and oxygen atoms in total. The van der Waals surface area contributed by atoms with Crippen LogP contribution < -0.4 is 5.32 Å². The number of hydrogen-bond donors (Lipinski definition) is 3. The van der Waals surface area contributed by atoms with Crippen LogP contribution in [0.1, 0.15) is 213 Å². The summed E-state index contributed by atoms with van der Waals surface area (Å²) in [5.74, 6) is -0.566. The molecule has 0 rings (SSSR count). The molecule has 0 aromatic rings. The maximum Gasteiger partial charge on any atom is 0.306 e. The van der Waals surface area contributed by atoms with Gasteiger partial charge in [-0.15, -0.1) is 0 Å². The molecule has 0 spiro atoms. The molecule has 1 amide bonds. The van der Waals surface area contributed by atoms with E-state index in [2.05, 4.69) is 50.4 Å². The van der Waals surface area contributed by atoms with Crippen molar-refractivity contribution in [2.75, 3.05) is 6.61 Å². The fraction of sp³-hybridized carbons (Fsp3) is 0.698. The van der Waals surface area contributed by atoms with Crippen LogP contribution in [0.5, 0.6) is 0 Å². The lowest BCUT2D eigenvalue weighted by atomic mass is 10.0.